The van der Waals surface area contributed by atoms with Crippen LogP contribution in [0.2, 0.25) is 0 Å². The van der Waals surface area contributed by atoms with E-state index in [9.17, 15) is 18.0 Å². The van der Waals surface area contributed by atoms with Gasteiger partial charge in [0.1, 0.15) is 35.5 Å². The summed E-state index contributed by atoms with van der Waals surface area (Å²) in [7, 11) is 0. The summed E-state index contributed by atoms with van der Waals surface area (Å²) in [6, 6.07) is 8.35. The third-order valence-electron chi connectivity index (χ3n) is 7.60. The number of imidazole rings is 1. The number of carbonyl (C=O) groups is 1. The van der Waals surface area contributed by atoms with Gasteiger partial charge in [0.05, 0.1) is 5.56 Å². The largest absolute Gasteiger partial charge is 0.416 e. The maximum atomic E-state index is 13.0. The minimum atomic E-state index is -4.52. The molecular formula is C27H27F3N6O3. The standard InChI is InChI=1S/C26H23F3N6O.CH4O2/c1-13-18-10-16(11-19(13)18)24-34-21(22-23(30)32-8-9-35(22)24)14-2-4-15(5-3-14)25(36)33-20-12-17(6-7-31-20)26(27,28)29;2-1-3/h2-9,12-13,16,18-19H,10-11H2,1H3,(H2,30,32)(H,31,33,36);2-3H,1H2/t13?,16?,18-,19+;. The van der Waals surface area contributed by atoms with Gasteiger partial charge in [-0.05, 0) is 54.9 Å². The van der Waals surface area contributed by atoms with E-state index in [2.05, 4.69) is 22.2 Å². The fraction of sp³-hybridized carbons (Fsp3) is 0.333. The molecule has 9 nitrogen and oxygen atoms in total. The maximum Gasteiger partial charge on any atom is 0.416 e. The zero-order valence-electron chi connectivity index (χ0n) is 20.9. The van der Waals surface area contributed by atoms with Gasteiger partial charge in [0.2, 0.25) is 0 Å². The summed E-state index contributed by atoms with van der Waals surface area (Å²) in [5, 5.41) is 16.7. The number of benzene rings is 1. The number of carbonyl (C=O) groups excluding carboxylic acids is 1. The number of nitrogens with zero attached hydrogens (tertiary/aromatic N) is 4. The monoisotopic (exact) mass is 540 g/mol. The third-order valence-corrected chi connectivity index (χ3v) is 7.60. The molecule has 1 amide bonds. The summed E-state index contributed by atoms with van der Waals surface area (Å²) in [4.78, 5) is 25.7. The van der Waals surface area contributed by atoms with Crippen molar-refractivity contribution in [2.75, 3.05) is 17.8 Å². The number of aliphatic hydroxyl groups is 2. The fourth-order valence-corrected chi connectivity index (χ4v) is 5.60. The smallest absolute Gasteiger partial charge is 0.382 e. The molecule has 2 aliphatic rings. The van der Waals surface area contributed by atoms with Crippen molar-refractivity contribution in [3.8, 4) is 11.3 Å². The number of aliphatic hydroxyl groups excluding tert-OH is 1. The second-order valence-corrected chi connectivity index (χ2v) is 9.81. The Morgan fingerprint density at radius 3 is 2.41 bits per heavy atom. The average molecular weight is 541 g/mol. The van der Waals surface area contributed by atoms with Crippen molar-refractivity contribution in [3.05, 3.63) is 71.9 Å². The number of alkyl halides is 3. The Morgan fingerprint density at radius 1 is 1.10 bits per heavy atom. The van der Waals surface area contributed by atoms with E-state index in [0.717, 1.165) is 65.8 Å². The first kappa shape index (κ1) is 26.6. The SMILES string of the molecule is CC1[C@H]2CC(c3nc(-c4ccc(C(=O)Nc5cc(C(F)(F)F)ccn5)cc4)c4c(N)nccn34)C[C@@H]12.OCO. The topological polar surface area (TPSA) is 139 Å². The Kier molecular flexibility index (Phi) is 7.00. The van der Waals surface area contributed by atoms with E-state index in [-0.39, 0.29) is 11.4 Å². The molecule has 2 unspecified atom stereocenters. The first-order valence-electron chi connectivity index (χ1n) is 12.4. The van der Waals surface area contributed by atoms with Crippen molar-refractivity contribution >= 4 is 23.1 Å². The van der Waals surface area contributed by atoms with Gasteiger partial charge in [0, 0.05) is 35.6 Å². The second-order valence-electron chi connectivity index (χ2n) is 9.81. The Morgan fingerprint density at radius 2 is 1.77 bits per heavy atom. The summed E-state index contributed by atoms with van der Waals surface area (Å²) in [6.45, 7) is 1.56. The van der Waals surface area contributed by atoms with E-state index in [4.69, 9.17) is 20.9 Å². The van der Waals surface area contributed by atoms with Crippen LogP contribution in [0.3, 0.4) is 0 Å². The van der Waals surface area contributed by atoms with Crippen LogP contribution >= 0.6 is 0 Å². The summed E-state index contributed by atoms with van der Waals surface area (Å²) in [5.41, 5.74) is 7.83. The van der Waals surface area contributed by atoms with Gasteiger partial charge in [-0.3, -0.25) is 9.20 Å². The Bertz CT molecular complexity index is 1490. The molecule has 2 aliphatic carbocycles. The molecule has 0 spiro atoms. The lowest BCUT2D eigenvalue weighted by Crippen LogP contribution is -2.14. The highest BCUT2D eigenvalue weighted by atomic mass is 19.4. The number of hydrogen-bond acceptors (Lipinski definition) is 7. The van der Waals surface area contributed by atoms with Gasteiger partial charge in [-0.1, -0.05) is 19.1 Å². The predicted molar refractivity (Wildman–Crippen MR) is 137 cm³/mol. The van der Waals surface area contributed by atoms with Crippen molar-refractivity contribution in [1.29, 1.82) is 0 Å². The molecule has 204 valence electrons. The number of fused-ring (bicyclic) bond motifs is 2. The van der Waals surface area contributed by atoms with Crippen molar-refractivity contribution < 1.29 is 28.2 Å². The molecule has 3 heterocycles. The number of halogens is 3. The van der Waals surface area contributed by atoms with Gasteiger partial charge >= 0.3 is 6.18 Å². The quantitative estimate of drug-likeness (QED) is 0.283. The van der Waals surface area contributed by atoms with Gasteiger partial charge < -0.3 is 21.3 Å². The van der Waals surface area contributed by atoms with E-state index in [0.29, 0.717) is 17.4 Å². The number of anilines is 2. The third kappa shape index (κ3) is 5.17. The van der Waals surface area contributed by atoms with Crippen LogP contribution in [0.4, 0.5) is 24.8 Å². The van der Waals surface area contributed by atoms with Gasteiger partial charge in [0.15, 0.2) is 0 Å². The van der Waals surface area contributed by atoms with E-state index in [1.165, 1.54) is 0 Å². The summed E-state index contributed by atoms with van der Waals surface area (Å²) in [5.74, 6) is 3.32. The maximum absolute atomic E-state index is 13.0. The highest BCUT2D eigenvalue weighted by Crippen LogP contribution is 2.61. The van der Waals surface area contributed by atoms with E-state index in [1.54, 1.807) is 30.5 Å². The van der Waals surface area contributed by atoms with Crippen molar-refractivity contribution in [2.45, 2.75) is 31.9 Å². The normalized spacial score (nSPS) is 21.7. The van der Waals surface area contributed by atoms with Crippen LogP contribution in [0.1, 0.15) is 47.4 Å². The number of aromatic nitrogens is 4. The molecule has 6 rings (SSSR count). The van der Waals surface area contributed by atoms with Crippen LogP contribution in [0.5, 0.6) is 0 Å². The van der Waals surface area contributed by atoms with Crippen molar-refractivity contribution in [3.63, 3.8) is 0 Å². The van der Waals surface area contributed by atoms with Crippen molar-refractivity contribution in [2.24, 2.45) is 17.8 Å². The number of rotatable bonds is 4. The molecule has 0 saturated heterocycles. The van der Waals surface area contributed by atoms with Crippen LogP contribution < -0.4 is 11.1 Å². The summed E-state index contributed by atoms with van der Waals surface area (Å²) >= 11 is 0. The molecule has 12 heteroatoms. The average Bonchev–Trinajstić information content (AvgIpc) is 3.25. The summed E-state index contributed by atoms with van der Waals surface area (Å²) in [6.07, 6.45) is 2.28. The van der Waals surface area contributed by atoms with E-state index < -0.39 is 24.4 Å². The zero-order valence-corrected chi connectivity index (χ0v) is 20.9. The highest BCUT2D eigenvalue weighted by molar-refractivity contribution is 6.04. The highest BCUT2D eigenvalue weighted by Gasteiger charge is 2.54. The molecule has 4 atom stereocenters. The molecule has 0 bridgehead atoms. The molecule has 4 aromatic rings. The number of pyridine rings is 1. The van der Waals surface area contributed by atoms with Crippen LogP contribution in [0.15, 0.2) is 55.0 Å². The number of nitrogens with two attached hydrogens (primary N) is 1. The Balaban J connectivity index is 0.000000983. The van der Waals surface area contributed by atoms with Crippen molar-refractivity contribution in [1.82, 2.24) is 19.4 Å². The number of nitrogens with one attached hydrogen (secondary N) is 1. The first-order chi connectivity index (χ1) is 18.6. The van der Waals surface area contributed by atoms with Crippen LogP contribution in [0.25, 0.3) is 16.8 Å². The lowest BCUT2D eigenvalue weighted by Gasteiger charge is -2.11. The molecule has 5 N–H and O–H groups in total. The van der Waals surface area contributed by atoms with Gasteiger partial charge in [-0.25, -0.2) is 15.0 Å². The van der Waals surface area contributed by atoms with Gasteiger partial charge in [-0.2, -0.15) is 13.2 Å². The van der Waals surface area contributed by atoms with Crippen LogP contribution in [0, 0.1) is 17.8 Å². The molecule has 39 heavy (non-hydrogen) atoms. The van der Waals surface area contributed by atoms with Gasteiger partial charge in [0.25, 0.3) is 5.91 Å². The number of hydrogen-bond donors (Lipinski definition) is 4. The van der Waals surface area contributed by atoms with Gasteiger partial charge in [-0.15, -0.1) is 0 Å². The number of amides is 1. The molecule has 2 fully saturated rings. The zero-order chi connectivity index (χ0) is 27.9. The second kappa shape index (κ2) is 10.3. The molecular weight excluding hydrogens is 513 g/mol. The fourth-order valence-electron chi connectivity index (χ4n) is 5.60. The van der Waals surface area contributed by atoms with Crippen LogP contribution in [-0.2, 0) is 6.18 Å². The molecule has 0 radical (unpaired) electrons. The molecule has 2 saturated carbocycles. The van der Waals surface area contributed by atoms with E-state index >= 15 is 0 Å². The van der Waals surface area contributed by atoms with Crippen LogP contribution in [-0.4, -0.2) is 42.3 Å². The van der Waals surface area contributed by atoms with E-state index in [1.807, 2.05) is 10.6 Å². The minimum absolute atomic E-state index is 0.175. The lowest BCUT2D eigenvalue weighted by molar-refractivity contribution is -0.137. The Labute approximate surface area is 221 Å². The minimum Gasteiger partial charge on any atom is -0.382 e. The summed E-state index contributed by atoms with van der Waals surface area (Å²) < 4.78 is 40.9. The Hall–Kier alpha value is -4.03. The molecule has 1 aromatic carbocycles. The predicted octanol–water partition coefficient (Wildman–Crippen LogP) is 4.33. The molecule has 3 aromatic heterocycles. The first-order valence-corrected chi connectivity index (χ1v) is 12.4. The lowest BCUT2D eigenvalue weighted by atomic mass is 10.00. The number of nitrogen functional groups attached to an aromatic ring is 1. The molecule has 0 aliphatic heterocycles.